The van der Waals surface area contributed by atoms with E-state index in [1.54, 1.807) is 6.20 Å². The van der Waals surface area contributed by atoms with Gasteiger partial charge < -0.3 is 10.4 Å². The molecule has 1 unspecified atom stereocenters. The summed E-state index contributed by atoms with van der Waals surface area (Å²) in [6.45, 7) is 2.13. The van der Waals surface area contributed by atoms with Crippen LogP contribution in [0.15, 0.2) is 18.5 Å². The van der Waals surface area contributed by atoms with Gasteiger partial charge in [-0.15, -0.1) is 0 Å². The Morgan fingerprint density at radius 2 is 2.19 bits per heavy atom. The molecule has 1 atom stereocenters. The second kappa shape index (κ2) is 3.50. The van der Waals surface area contributed by atoms with Gasteiger partial charge in [0.05, 0.1) is 12.3 Å². The monoisotopic (exact) mass is 222 g/mol. The number of nitrogens with zero attached hydrogens (tertiary/aromatic N) is 1. The topological polar surface area (TPSA) is 45.2 Å². The lowest BCUT2D eigenvalue weighted by Crippen LogP contribution is -2.60. The average molecular weight is 222 g/mol. The van der Waals surface area contributed by atoms with Gasteiger partial charge in [-0.3, -0.25) is 4.98 Å². The van der Waals surface area contributed by atoms with E-state index in [4.69, 9.17) is 0 Å². The fraction of sp³-hybridized carbons (Fsp3) is 0.583. The molecule has 4 heteroatoms. The van der Waals surface area contributed by atoms with Crippen LogP contribution in [-0.2, 0) is 0 Å². The number of hydrogen-bond acceptors (Lipinski definition) is 3. The number of rotatable bonds is 2. The van der Waals surface area contributed by atoms with Crippen molar-refractivity contribution >= 4 is 0 Å². The molecule has 1 saturated carbocycles. The minimum absolute atomic E-state index is 0.269. The number of hydrogen-bond donors (Lipinski definition) is 2. The summed E-state index contributed by atoms with van der Waals surface area (Å²) in [4.78, 5) is 3.77. The summed E-state index contributed by atoms with van der Waals surface area (Å²) < 4.78 is 13.0. The Morgan fingerprint density at radius 1 is 1.44 bits per heavy atom. The SMILES string of the molecule is OC(c1cncc(F)c1)C1CC2(CNC2)C1. The Morgan fingerprint density at radius 3 is 2.75 bits per heavy atom. The molecular formula is C12H15FN2O. The van der Waals surface area contributed by atoms with Crippen molar-refractivity contribution in [3.63, 3.8) is 0 Å². The number of aromatic nitrogens is 1. The average Bonchev–Trinajstić information content (AvgIpc) is 2.13. The highest BCUT2D eigenvalue weighted by atomic mass is 19.1. The molecule has 1 spiro atoms. The van der Waals surface area contributed by atoms with Crippen LogP contribution in [-0.4, -0.2) is 23.2 Å². The van der Waals surface area contributed by atoms with Gasteiger partial charge in [-0.05, 0) is 30.2 Å². The quantitative estimate of drug-likeness (QED) is 0.791. The van der Waals surface area contributed by atoms with Crippen LogP contribution in [0, 0.1) is 17.2 Å². The molecule has 0 amide bonds. The summed E-state index contributed by atoms with van der Waals surface area (Å²) in [6.07, 6.45) is 4.23. The molecule has 3 rings (SSSR count). The van der Waals surface area contributed by atoms with Crippen molar-refractivity contribution in [1.82, 2.24) is 10.3 Å². The van der Waals surface area contributed by atoms with Crippen molar-refractivity contribution < 1.29 is 9.50 Å². The first-order valence-corrected chi connectivity index (χ1v) is 5.68. The highest BCUT2D eigenvalue weighted by Gasteiger charge is 2.50. The predicted octanol–water partition coefficient (Wildman–Crippen LogP) is 1.25. The Hall–Kier alpha value is -1.00. The van der Waals surface area contributed by atoms with Crippen molar-refractivity contribution in [3.05, 3.63) is 29.8 Å². The molecule has 16 heavy (non-hydrogen) atoms. The van der Waals surface area contributed by atoms with Gasteiger partial charge in [0.25, 0.3) is 0 Å². The zero-order valence-corrected chi connectivity index (χ0v) is 8.99. The van der Waals surface area contributed by atoms with E-state index >= 15 is 0 Å². The summed E-state index contributed by atoms with van der Waals surface area (Å²) in [6, 6.07) is 1.38. The molecule has 2 aliphatic rings. The van der Waals surface area contributed by atoms with Crippen molar-refractivity contribution in [2.75, 3.05) is 13.1 Å². The van der Waals surface area contributed by atoms with E-state index in [0.717, 1.165) is 32.1 Å². The van der Waals surface area contributed by atoms with Gasteiger partial charge in [0.15, 0.2) is 0 Å². The zero-order valence-electron chi connectivity index (χ0n) is 8.99. The Bertz CT molecular complexity index is 398. The Balaban J connectivity index is 1.67. The van der Waals surface area contributed by atoms with Crippen LogP contribution < -0.4 is 5.32 Å². The van der Waals surface area contributed by atoms with Gasteiger partial charge in [-0.1, -0.05) is 0 Å². The molecule has 0 radical (unpaired) electrons. The van der Waals surface area contributed by atoms with E-state index in [2.05, 4.69) is 10.3 Å². The number of nitrogens with one attached hydrogen (secondary N) is 1. The second-order valence-electron chi connectivity index (χ2n) is 5.15. The summed E-state index contributed by atoms with van der Waals surface area (Å²) in [5, 5.41) is 13.3. The van der Waals surface area contributed by atoms with Crippen LogP contribution in [0.3, 0.4) is 0 Å². The van der Waals surface area contributed by atoms with Crippen LogP contribution in [0.2, 0.25) is 0 Å². The third-order valence-corrected chi connectivity index (χ3v) is 3.90. The summed E-state index contributed by atoms with van der Waals surface area (Å²) in [7, 11) is 0. The van der Waals surface area contributed by atoms with Gasteiger partial charge >= 0.3 is 0 Å². The smallest absolute Gasteiger partial charge is 0.141 e. The van der Waals surface area contributed by atoms with Gasteiger partial charge in [0, 0.05) is 24.8 Å². The molecule has 1 aromatic rings. The maximum absolute atomic E-state index is 13.0. The van der Waals surface area contributed by atoms with E-state index in [-0.39, 0.29) is 11.7 Å². The molecule has 3 nitrogen and oxygen atoms in total. The van der Waals surface area contributed by atoms with Crippen molar-refractivity contribution in [1.29, 1.82) is 0 Å². The molecule has 0 bridgehead atoms. The van der Waals surface area contributed by atoms with Gasteiger partial charge in [-0.25, -0.2) is 4.39 Å². The summed E-state index contributed by atoms with van der Waals surface area (Å²) in [5.74, 6) is -0.110. The highest BCUT2D eigenvalue weighted by Crippen LogP contribution is 2.52. The molecule has 1 saturated heterocycles. The van der Waals surface area contributed by atoms with E-state index in [0.29, 0.717) is 11.0 Å². The lowest BCUT2D eigenvalue weighted by molar-refractivity contribution is -0.0643. The van der Waals surface area contributed by atoms with Crippen LogP contribution in [0.5, 0.6) is 0 Å². The maximum Gasteiger partial charge on any atom is 0.141 e. The van der Waals surface area contributed by atoms with E-state index in [9.17, 15) is 9.50 Å². The molecule has 1 aliphatic carbocycles. The van der Waals surface area contributed by atoms with Crippen molar-refractivity contribution in [2.45, 2.75) is 18.9 Å². The molecule has 2 N–H and O–H groups in total. The van der Waals surface area contributed by atoms with Crippen LogP contribution in [0.4, 0.5) is 4.39 Å². The maximum atomic E-state index is 13.0. The first kappa shape index (κ1) is 10.2. The number of halogens is 1. The van der Waals surface area contributed by atoms with E-state index < -0.39 is 6.10 Å². The summed E-state index contributed by atoms with van der Waals surface area (Å²) in [5.41, 5.74) is 1.04. The van der Waals surface area contributed by atoms with Gasteiger partial charge in [0.1, 0.15) is 5.82 Å². The molecule has 1 aromatic heterocycles. The standard InChI is InChI=1S/C12H15FN2O/c13-10-1-8(4-14-5-10)11(16)9-2-12(3-9)6-15-7-12/h1,4-5,9,11,15-16H,2-3,6-7H2. The Labute approximate surface area is 93.7 Å². The molecule has 2 heterocycles. The van der Waals surface area contributed by atoms with E-state index in [1.807, 2.05) is 0 Å². The fourth-order valence-corrected chi connectivity index (χ4v) is 2.91. The van der Waals surface area contributed by atoms with Crippen LogP contribution >= 0.6 is 0 Å². The summed E-state index contributed by atoms with van der Waals surface area (Å²) >= 11 is 0. The van der Waals surface area contributed by atoms with E-state index in [1.165, 1.54) is 6.07 Å². The lowest BCUT2D eigenvalue weighted by atomic mass is 9.56. The first-order chi connectivity index (χ1) is 7.69. The first-order valence-electron chi connectivity index (χ1n) is 5.68. The van der Waals surface area contributed by atoms with Gasteiger partial charge in [-0.2, -0.15) is 0 Å². The number of aliphatic hydroxyl groups is 1. The van der Waals surface area contributed by atoms with Crippen molar-refractivity contribution in [2.24, 2.45) is 11.3 Å². The van der Waals surface area contributed by atoms with Gasteiger partial charge in [0.2, 0.25) is 0 Å². The number of pyridine rings is 1. The number of aliphatic hydroxyl groups excluding tert-OH is 1. The molecule has 86 valence electrons. The Kier molecular flexibility index (Phi) is 2.23. The fourth-order valence-electron chi connectivity index (χ4n) is 2.91. The molecule has 1 aliphatic heterocycles. The molecule has 0 aromatic carbocycles. The molecule has 2 fully saturated rings. The predicted molar refractivity (Wildman–Crippen MR) is 57.2 cm³/mol. The minimum Gasteiger partial charge on any atom is -0.388 e. The van der Waals surface area contributed by atoms with Crippen LogP contribution in [0.1, 0.15) is 24.5 Å². The second-order valence-corrected chi connectivity index (χ2v) is 5.15. The molecular weight excluding hydrogens is 207 g/mol. The highest BCUT2D eigenvalue weighted by molar-refractivity contribution is 5.17. The normalized spacial score (nSPS) is 24.9. The van der Waals surface area contributed by atoms with Crippen LogP contribution in [0.25, 0.3) is 0 Å². The zero-order chi connectivity index (χ0) is 11.2. The minimum atomic E-state index is -0.561. The van der Waals surface area contributed by atoms with Crippen molar-refractivity contribution in [3.8, 4) is 0 Å². The lowest BCUT2D eigenvalue weighted by Gasteiger charge is -2.55. The third-order valence-electron chi connectivity index (χ3n) is 3.90. The largest absolute Gasteiger partial charge is 0.388 e. The third kappa shape index (κ3) is 1.53.